The van der Waals surface area contributed by atoms with E-state index in [0.717, 1.165) is 29.8 Å². The van der Waals surface area contributed by atoms with E-state index in [4.69, 9.17) is 19.9 Å². The van der Waals surface area contributed by atoms with Gasteiger partial charge in [-0.25, -0.2) is 0 Å². The molecule has 3 heterocycles. The monoisotopic (exact) mass is 408 g/mol. The van der Waals surface area contributed by atoms with Crippen molar-refractivity contribution in [2.24, 2.45) is 5.73 Å². The number of aromatic nitrogens is 4. The van der Waals surface area contributed by atoms with Crippen molar-refractivity contribution in [2.75, 3.05) is 27.5 Å². The highest BCUT2D eigenvalue weighted by Crippen LogP contribution is 2.50. The second-order valence-electron chi connectivity index (χ2n) is 7.21. The predicted molar refractivity (Wildman–Crippen MR) is 105 cm³/mol. The number of nitrogens with zero attached hydrogens (tertiary/aromatic N) is 5. The number of methoxy groups -OCH3 is 1. The smallest absolute Gasteiger partial charge is 0.248 e. The van der Waals surface area contributed by atoms with Crippen LogP contribution in [-0.2, 0) is 6.42 Å². The van der Waals surface area contributed by atoms with E-state index in [9.17, 15) is 4.79 Å². The molecule has 0 aliphatic carbocycles. The Morgan fingerprint density at radius 1 is 1.27 bits per heavy atom. The fourth-order valence-corrected chi connectivity index (χ4v) is 4.07. The molecule has 0 fully saturated rings. The molecule has 1 atom stereocenters. The highest BCUT2D eigenvalue weighted by Gasteiger charge is 2.37. The van der Waals surface area contributed by atoms with Crippen molar-refractivity contribution in [3.05, 3.63) is 52.8 Å². The molecule has 30 heavy (non-hydrogen) atoms. The first-order valence-corrected chi connectivity index (χ1v) is 9.46. The number of tetrazole rings is 1. The quantitative estimate of drug-likeness (QED) is 0.681. The Balaban J connectivity index is 1.65. The lowest BCUT2D eigenvalue weighted by atomic mass is 9.90. The van der Waals surface area contributed by atoms with E-state index in [1.54, 1.807) is 36.1 Å². The normalized spacial score (nSPS) is 17.6. The molecule has 0 bridgehead atoms. The minimum absolute atomic E-state index is 0.166. The lowest BCUT2D eigenvalue weighted by Gasteiger charge is -2.34. The Morgan fingerprint density at radius 3 is 2.80 bits per heavy atom. The van der Waals surface area contributed by atoms with Gasteiger partial charge in [-0.2, -0.15) is 4.68 Å². The van der Waals surface area contributed by atoms with Gasteiger partial charge in [0.05, 0.1) is 12.8 Å². The molecule has 5 rings (SSSR count). The van der Waals surface area contributed by atoms with E-state index >= 15 is 0 Å². The predicted octanol–water partition coefficient (Wildman–Crippen LogP) is 1.08. The molecule has 0 radical (unpaired) electrons. The number of amides is 1. The Morgan fingerprint density at radius 2 is 2.07 bits per heavy atom. The third-order valence-corrected chi connectivity index (χ3v) is 5.53. The maximum atomic E-state index is 11.4. The van der Waals surface area contributed by atoms with Gasteiger partial charge in [0, 0.05) is 17.7 Å². The number of carbonyl (C=O) groups is 1. The summed E-state index contributed by atoms with van der Waals surface area (Å²) >= 11 is 0. The van der Waals surface area contributed by atoms with Crippen molar-refractivity contribution in [3.8, 4) is 22.9 Å². The Labute approximate surface area is 172 Å². The Bertz CT molecular complexity index is 1130. The topological polar surface area (TPSA) is 118 Å². The summed E-state index contributed by atoms with van der Waals surface area (Å²) in [6.07, 6.45) is 0.838. The van der Waals surface area contributed by atoms with Gasteiger partial charge < -0.3 is 19.9 Å². The van der Waals surface area contributed by atoms with Gasteiger partial charge in [0.2, 0.25) is 18.4 Å². The Hall–Kier alpha value is -3.66. The van der Waals surface area contributed by atoms with E-state index < -0.39 is 5.91 Å². The molecule has 2 aliphatic heterocycles. The van der Waals surface area contributed by atoms with Crippen molar-refractivity contribution in [1.29, 1.82) is 0 Å². The summed E-state index contributed by atoms with van der Waals surface area (Å²) in [6, 6.07) is 8.58. The van der Waals surface area contributed by atoms with Gasteiger partial charge in [-0.1, -0.05) is 0 Å². The first-order valence-electron chi connectivity index (χ1n) is 9.46. The molecule has 10 heteroatoms. The van der Waals surface area contributed by atoms with Crippen LogP contribution in [0.15, 0.2) is 30.3 Å². The van der Waals surface area contributed by atoms with Crippen LogP contribution in [0.25, 0.3) is 5.69 Å². The molecule has 154 valence electrons. The SMILES string of the molecule is COc1c2c(cc3c1[C@@H](c1nnnn1-c1ccc(C(N)=O)cc1)N(C)CC3)OCO2. The number of likely N-dealkylation sites (N-methyl/N-ethyl adjacent to an activating group) is 1. The molecule has 2 N–H and O–H groups in total. The van der Waals surface area contributed by atoms with Crippen molar-refractivity contribution in [1.82, 2.24) is 25.1 Å². The first-order chi connectivity index (χ1) is 14.6. The van der Waals surface area contributed by atoms with E-state index in [2.05, 4.69) is 20.4 Å². The van der Waals surface area contributed by atoms with Crippen LogP contribution >= 0.6 is 0 Å². The average molecular weight is 408 g/mol. The molecule has 0 saturated carbocycles. The van der Waals surface area contributed by atoms with Gasteiger partial charge in [0.25, 0.3) is 0 Å². The van der Waals surface area contributed by atoms with Crippen molar-refractivity contribution >= 4 is 5.91 Å². The summed E-state index contributed by atoms with van der Waals surface area (Å²) in [5.74, 6) is 2.06. The summed E-state index contributed by atoms with van der Waals surface area (Å²) in [4.78, 5) is 13.6. The first kappa shape index (κ1) is 18.4. The van der Waals surface area contributed by atoms with E-state index in [1.807, 2.05) is 13.1 Å². The van der Waals surface area contributed by atoms with Crippen LogP contribution in [0, 0.1) is 0 Å². The molecule has 0 spiro atoms. The molecular formula is C20H20N6O4. The number of benzene rings is 2. The third-order valence-electron chi connectivity index (χ3n) is 5.53. The standard InChI is InChI=1S/C20H20N6O4/c1-25-8-7-12-9-14-17(30-10-29-14)18(28-2)15(12)16(25)20-22-23-24-26(20)13-5-3-11(4-6-13)19(21)27/h3-6,9,16H,7-8,10H2,1-2H3,(H2,21,27)/t16-/m0/s1. The largest absolute Gasteiger partial charge is 0.492 e. The minimum Gasteiger partial charge on any atom is -0.492 e. The second-order valence-corrected chi connectivity index (χ2v) is 7.21. The lowest BCUT2D eigenvalue weighted by molar-refractivity contribution is 0.100. The number of hydrogen-bond donors (Lipinski definition) is 1. The summed E-state index contributed by atoms with van der Waals surface area (Å²) < 4.78 is 18.7. The molecule has 10 nitrogen and oxygen atoms in total. The molecule has 1 aromatic heterocycles. The summed E-state index contributed by atoms with van der Waals surface area (Å²) in [6.45, 7) is 0.979. The number of primary amides is 1. The molecule has 0 unspecified atom stereocenters. The van der Waals surface area contributed by atoms with Gasteiger partial charge >= 0.3 is 0 Å². The minimum atomic E-state index is -0.486. The summed E-state index contributed by atoms with van der Waals surface area (Å²) in [5, 5.41) is 12.4. The number of nitrogens with two attached hydrogens (primary N) is 1. The zero-order valence-corrected chi connectivity index (χ0v) is 16.5. The molecule has 1 amide bonds. The zero-order valence-electron chi connectivity index (χ0n) is 16.5. The van der Waals surface area contributed by atoms with Crippen LogP contribution < -0.4 is 19.9 Å². The van der Waals surface area contributed by atoms with Crippen molar-refractivity contribution in [3.63, 3.8) is 0 Å². The van der Waals surface area contributed by atoms with Crippen LogP contribution in [0.5, 0.6) is 17.2 Å². The van der Waals surface area contributed by atoms with Gasteiger partial charge in [-0.3, -0.25) is 9.69 Å². The fourth-order valence-electron chi connectivity index (χ4n) is 4.07. The summed E-state index contributed by atoms with van der Waals surface area (Å²) in [7, 11) is 3.64. The maximum Gasteiger partial charge on any atom is 0.248 e. The van der Waals surface area contributed by atoms with Crippen LogP contribution in [-0.4, -0.2) is 58.5 Å². The third kappa shape index (κ3) is 2.76. The van der Waals surface area contributed by atoms with E-state index in [0.29, 0.717) is 28.6 Å². The molecule has 2 aliphatic rings. The van der Waals surface area contributed by atoms with E-state index in [-0.39, 0.29) is 12.8 Å². The second kappa shape index (κ2) is 6.99. The van der Waals surface area contributed by atoms with Crippen molar-refractivity contribution in [2.45, 2.75) is 12.5 Å². The van der Waals surface area contributed by atoms with Crippen LogP contribution in [0.4, 0.5) is 0 Å². The Kier molecular flexibility index (Phi) is 4.28. The van der Waals surface area contributed by atoms with Crippen molar-refractivity contribution < 1.29 is 19.0 Å². The van der Waals surface area contributed by atoms with Crippen LogP contribution in [0.2, 0.25) is 0 Å². The molecule has 0 saturated heterocycles. The van der Waals surface area contributed by atoms with Crippen LogP contribution in [0.3, 0.4) is 0 Å². The van der Waals surface area contributed by atoms with Gasteiger partial charge in [-0.15, -0.1) is 5.10 Å². The zero-order chi connectivity index (χ0) is 20.8. The maximum absolute atomic E-state index is 11.4. The number of hydrogen-bond acceptors (Lipinski definition) is 8. The summed E-state index contributed by atoms with van der Waals surface area (Å²) in [5.41, 5.74) is 8.56. The van der Waals surface area contributed by atoms with Gasteiger partial charge in [0.15, 0.2) is 17.3 Å². The van der Waals surface area contributed by atoms with E-state index in [1.165, 1.54) is 0 Å². The van der Waals surface area contributed by atoms with Crippen LogP contribution in [0.1, 0.15) is 33.4 Å². The average Bonchev–Trinajstić information content (AvgIpc) is 3.41. The highest BCUT2D eigenvalue weighted by atomic mass is 16.7. The fraction of sp³-hybridized carbons (Fsp3) is 0.300. The number of ether oxygens (including phenoxy) is 3. The van der Waals surface area contributed by atoms with Gasteiger partial charge in [-0.05, 0) is 59.8 Å². The van der Waals surface area contributed by atoms with Gasteiger partial charge in [0.1, 0.15) is 6.04 Å². The highest BCUT2D eigenvalue weighted by molar-refractivity contribution is 5.92. The number of fused-ring (bicyclic) bond motifs is 2. The molecular weight excluding hydrogens is 388 g/mol. The lowest BCUT2D eigenvalue weighted by Crippen LogP contribution is -2.35. The molecule has 3 aromatic rings. The number of rotatable bonds is 4. The molecule has 2 aromatic carbocycles. The number of carbonyl (C=O) groups excluding carboxylic acids is 1.